The number of nitrogens with zero attached hydrogens (tertiary/aromatic N) is 1. The van der Waals surface area contributed by atoms with Crippen LogP contribution in [0.25, 0.3) is 0 Å². The lowest BCUT2D eigenvalue weighted by Gasteiger charge is -2.20. The molecule has 0 saturated carbocycles. The van der Waals surface area contributed by atoms with Gasteiger partial charge in [-0.1, -0.05) is 18.2 Å². The fraction of sp³-hybridized carbons (Fsp3) is 0.130. The zero-order valence-corrected chi connectivity index (χ0v) is 16.2. The Hall–Kier alpha value is -3.87. The van der Waals surface area contributed by atoms with Crippen molar-refractivity contribution >= 4 is 34.6 Å². The molecule has 0 unspecified atom stereocenters. The summed E-state index contributed by atoms with van der Waals surface area (Å²) in [4.78, 5) is 25.7. The maximum absolute atomic E-state index is 13.5. The first kappa shape index (κ1) is 19.4. The van der Waals surface area contributed by atoms with E-state index in [0.717, 1.165) is 24.7 Å². The minimum Gasteiger partial charge on any atom is -0.376 e. The van der Waals surface area contributed by atoms with Gasteiger partial charge in [-0.15, -0.1) is 0 Å². The van der Waals surface area contributed by atoms with E-state index in [1.165, 1.54) is 23.4 Å². The molecule has 2 amide bonds. The van der Waals surface area contributed by atoms with Gasteiger partial charge in [-0.2, -0.15) is 0 Å². The van der Waals surface area contributed by atoms with Gasteiger partial charge < -0.3 is 21.3 Å². The second kappa shape index (κ2) is 8.24. The molecule has 0 fully saturated rings. The Morgan fingerprint density at radius 3 is 2.50 bits per heavy atom. The number of carbonyl (C=O) groups excluding carboxylic acids is 2. The normalized spacial score (nSPS) is 12.4. The average molecular weight is 404 g/mol. The highest BCUT2D eigenvalue weighted by Crippen LogP contribution is 2.34. The van der Waals surface area contributed by atoms with Crippen molar-refractivity contribution in [2.24, 2.45) is 5.73 Å². The van der Waals surface area contributed by atoms with E-state index in [2.05, 4.69) is 33.7 Å². The quantitative estimate of drug-likeness (QED) is 0.585. The summed E-state index contributed by atoms with van der Waals surface area (Å²) in [7, 11) is 0. The topological polar surface area (TPSA) is 87.5 Å². The van der Waals surface area contributed by atoms with E-state index < -0.39 is 11.7 Å². The molecule has 7 heteroatoms. The molecule has 1 aliphatic rings. The van der Waals surface area contributed by atoms with Crippen LogP contribution >= 0.6 is 0 Å². The third-order valence-corrected chi connectivity index (χ3v) is 5.03. The highest BCUT2D eigenvalue weighted by atomic mass is 19.1. The van der Waals surface area contributed by atoms with Gasteiger partial charge in [-0.25, -0.2) is 4.39 Å². The first-order valence-corrected chi connectivity index (χ1v) is 9.60. The molecule has 0 saturated heterocycles. The van der Waals surface area contributed by atoms with Gasteiger partial charge >= 0.3 is 0 Å². The fourth-order valence-electron chi connectivity index (χ4n) is 3.54. The number of anilines is 4. The Kier molecular flexibility index (Phi) is 5.34. The van der Waals surface area contributed by atoms with E-state index in [1.807, 2.05) is 30.3 Å². The van der Waals surface area contributed by atoms with Crippen molar-refractivity contribution in [1.82, 2.24) is 0 Å². The van der Waals surface area contributed by atoms with Crippen molar-refractivity contribution in [3.8, 4) is 0 Å². The standard InChI is InChI=1S/C23H21FN4O2/c24-20-10-7-17(13-19(20)23(25)30)26-14-22(29)27-16-5-8-18(9-6-16)28-12-11-15-3-1-2-4-21(15)28/h1-10,13,26H,11-12,14H2,(H2,25,30)(H,27,29). The van der Waals surface area contributed by atoms with Crippen LogP contribution in [0.3, 0.4) is 0 Å². The molecule has 4 N–H and O–H groups in total. The molecule has 0 aliphatic carbocycles. The van der Waals surface area contributed by atoms with Crippen LogP contribution < -0.4 is 21.3 Å². The third kappa shape index (κ3) is 4.10. The van der Waals surface area contributed by atoms with E-state index in [9.17, 15) is 14.0 Å². The zero-order valence-electron chi connectivity index (χ0n) is 16.2. The number of primary amides is 1. The van der Waals surface area contributed by atoms with Crippen molar-refractivity contribution in [3.05, 3.63) is 83.7 Å². The smallest absolute Gasteiger partial charge is 0.251 e. The largest absolute Gasteiger partial charge is 0.376 e. The lowest BCUT2D eigenvalue weighted by molar-refractivity contribution is -0.114. The van der Waals surface area contributed by atoms with Crippen LogP contribution in [-0.4, -0.2) is 24.9 Å². The number of hydrogen-bond donors (Lipinski definition) is 3. The number of fused-ring (bicyclic) bond motifs is 1. The summed E-state index contributed by atoms with van der Waals surface area (Å²) < 4.78 is 13.5. The highest BCUT2D eigenvalue weighted by Gasteiger charge is 2.19. The van der Waals surface area contributed by atoms with Gasteiger partial charge in [0.1, 0.15) is 5.82 Å². The predicted molar refractivity (Wildman–Crippen MR) is 116 cm³/mol. The summed E-state index contributed by atoms with van der Waals surface area (Å²) in [5.74, 6) is -1.82. The minimum absolute atomic E-state index is 0.0366. The number of hydrogen-bond acceptors (Lipinski definition) is 4. The number of nitrogens with one attached hydrogen (secondary N) is 2. The van der Waals surface area contributed by atoms with E-state index in [-0.39, 0.29) is 18.0 Å². The van der Waals surface area contributed by atoms with Gasteiger partial charge in [-0.05, 0) is 60.5 Å². The predicted octanol–water partition coefficient (Wildman–Crippen LogP) is 3.67. The molecule has 4 rings (SSSR count). The number of nitrogens with two attached hydrogens (primary N) is 1. The van der Waals surface area contributed by atoms with Crippen LogP contribution in [0, 0.1) is 5.82 Å². The van der Waals surface area contributed by atoms with Crippen molar-refractivity contribution < 1.29 is 14.0 Å². The van der Waals surface area contributed by atoms with Gasteiger partial charge in [0, 0.05) is 29.3 Å². The first-order valence-electron chi connectivity index (χ1n) is 9.60. The molecule has 6 nitrogen and oxygen atoms in total. The molecule has 0 radical (unpaired) electrons. The lowest BCUT2D eigenvalue weighted by Crippen LogP contribution is -2.22. The number of amides is 2. The number of carbonyl (C=O) groups is 2. The number of rotatable bonds is 6. The van der Waals surface area contributed by atoms with Crippen molar-refractivity contribution in [2.45, 2.75) is 6.42 Å². The summed E-state index contributed by atoms with van der Waals surface area (Å²) >= 11 is 0. The van der Waals surface area contributed by atoms with Crippen LogP contribution in [0.4, 0.5) is 27.1 Å². The molecule has 1 aliphatic heterocycles. The Bertz CT molecular complexity index is 1100. The van der Waals surface area contributed by atoms with Crippen LogP contribution in [0.2, 0.25) is 0 Å². The molecular formula is C23H21FN4O2. The molecule has 152 valence electrons. The molecule has 3 aromatic rings. The second-order valence-corrected chi connectivity index (χ2v) is 7.04. The Morgan fingerprint density at radius 1 is 1.00 bits per heavy atom. The number of halogens is 1. The summed E-state index contributed by atoms with van der Waals surface area (Å²) in [6.07, 6.45) is 1.02. The minimum atomic E-state index is -0.860. The lowest BCUT2D eigenvalue weighted by atomic mass is 10.2. The third-order valence-electron chi connectivity index (χ3n) is 5.03. The van der Waals surface area contributed by atoms with Crippen molar-refractivity contribution in [2.75, 3.05) is 28.6 Å². The van der Waals surface area contributed by atoms with Crippen molar-refractivity contribution in [3.63, 3.8) is 0 Å². The monoisotopic (exact) mass is 404 g/mol. The van der Waals surface area contributed by atoms with Crippen LogP contribution in [0.1, 0.15) is 15.9 Å². The highest BCUT2D eigenvalue weighted by molar-refractivity contribution is 5.95. The molecule has 0 aromatic heterocycles. The van der Waals surface area contributed by atoms with Gasteiger partial charge in [-0.3, -0.25) is 9.59 Å². The maximum Gasteiger partial charge on any atom is 0.251 e. The molecule has 30 heavy (non-hydrogen) atoms. The first-order chi connectivity index (χ1) is 14.5. The van der Waals surface area contributed by atoms with Crippen LogP contribution in [-0.2, 0) is 11.2 Å². The summed E-state index contributed by atoms with van der Waals surface area (Å²) in [5.41, 5.74) is 9.64. The van der Waals surface area contributed by atoms with Gasteiger partial charge in [0.15, 0.2) is 0 Å². The van der Waals surface area contributed by atoms with Gasteiger partial charge in [0.25, 0.3) is 5.91 Å². The SMILES string of the molecule is NC(=O)c1cc(NCC(=O)Nc2ccc(N3CCc4ccccc43)cc2)ccc1F. The van der Waals surface area contributed by atoms with E-state index in [0.29, 0.717) is 11.4 Å². The molecule has 0 spiro atoms. The van der Waals surface area contributed by atoms with Crippen LogP contribution in [0.15, 0.2) is 66.7 Å². The molecule has 3 aromatic carbocycles. The summed E-state index contributed by atoms with van der Waals surface area (Å²) in [5, 5.41) is 5.67. The Balaban J connectivity index is 1.35. The van der Waals surface area contributed by atoms with E-state index in [1.54, 1.807) is 0 Å². The van der Waals surface area contributed by atoms with Gasteiger partial charge in [0.2, 0.25) is 5.91 Å². The molecule has 0 atom stereocenters. The van der Waals surface area contributed by atoms with Crippen LogP contribution in [0.5, 0.6) is 0 Å². The Morgan fingerprint density at radius 2 is 1.73 bits per heavy atom. The summed E-state index contributed by atoms with van der Waals surface area (Å²) in [6, 6.07) is 19.9. The Labute approximate surface area is 173 Å². The van der Waals surface area contributed by atoms with E-state index in [4.69, 9.17) is 5.73 Å². The fourth-order valence-corrected chi connectivity index (χ4v) is 3.54. The molecule has 0 bridgehead atoms. The number of para-hydroxylation sites is 1. The zero-order chi connectivity index (χ0) is 21.1. The van der Waals surface area contributed by atoms with E-state index >= 15 is 0 Å². The second-order valence-electron chi connectivity index (χ2n) is 7.04. The van der Waals surface area contributed by atoms with Crippen molar-refractivity contribution in [1.29, 1.82) is 0 Å². The average Bonchev–Trinajstić information content (AvgIpc) is 3.18. The molecular weight excluding hydrogens is 383 g/mol. The van der Waals surface area contributed by atoms with Gasteiger partial charge in [0.05, 0.1) is 12.1 Å². The summed E-state index contributed by atoms with van der Waals surface area (Å²) in [6.45, 7) is 0.894. The maximum atomic E-state index is 13.5. The number of benzene rings is 3. The molecule has 1 heterocycles.